The molecule has 2 heteroatoms. The second kappa shape index (κ2) is 5.68. The van der Waals surface area contributed by atoms with Crippen LogP contribution < -0.4 is 4.57 Å². The number of pyridine rings is 1. The first-order chi connectivity index (χ1) is 15.5. The summed E-state index contributed by atoms with van der Waals surface area (Å²) < 4.78 is 55.1. The molecule has 27 heavy (non-hydrogen) atoms. The van der Waals surface area contributed by atoms with Gasteiger partial charge in [-0.25, -0.2) is 4.57 Å². The number of benzene rings is 3. The quantitative estimate of drug-likeness (QED) is 0.328. The van der Waals surface area contributed by atoms with E-state index in [0.29, 0.717) is 5.69 Å². The third-order valence-corrected chi connectivity index (χ3v) is 5.33. The summed E-state index contributed by atoms with van der Waals surface area (Å²) in [5, 5.41) is 4.27. The van der Waals surface area contributed by atoms with Crippen LogP contribution in [-0.2, 0) is 7.05 Å². The topological polar surface area (TPSA) is 17.0 Å². The number of fused-ring (bicyclic) bond motifs is 5. The van der Waals surface area contributed by atoms with Crippen LogP contribution in [0.2, 0.25) is 0 Å². The van der Waals surface area contributed by atoms with Crippen molar-refractivity contribution in [1.82, 2.24) is 0 Å². The van der Waals surface area contributed by atoms with Gasteiger partial charge >= 0.3 is 0 Å². The Kier molecular flexibility index (Phi) is 2.29. The molecule has 5 aromatic rings. The molecule has 0 atom stereocenters. The predicted octanol–water partition coefficient (Wildman–Crippen LogP) is 6.16. The summed E-state index contributed by atoms with van der Waals surface area (Å²) >= 11 is 0. The van der Waals surface area contributed by atoms with Crippen molar-refractivity contribution in [1.29, 1.82) is 0 Å². The molecule has 2 aromatic heterocycles. The third-order valence-electron chi connectivity index (χ3n) is 5.33. The lowest BCUT2D eigenvalue weighted by molar-refractivity contribution is -0.660. The molecule has 2 nitrogen and oxygen atoms in total. The monoisotopic (exact) mass is 358 g/mol. The van der Waals surface area contributed by atoms with E-state index in [-0.39, 0.29) is 11.1 Å². The van der Waals surface area contributed by atoms with Crippen molar-refractivity contribution in [3.05, 3.63) is 77.5 Å². The van der Waals surface area contributed by atoms with E-state index in [9.17, 15) is 0 Å². The van der Waals surface area contributed by atoms with E-state index in [1.54, 1.807) is 11.6 Å². The van der Waals surface area contributed by atoms with Gasteiger partial charge in [-0.15, -0.1) is 0 Å². The van der Waals surface area contributed by atoms with Crippen LogP contribution in [0.25, 0.3) is 44.0 Å². The number of hydrogen-bond acceptors (Lipinski definition) is 1. The Morgan fingerprint density at radius 1 is 0.926 bits per heavy atom. The second-order valence-electron chi connectivity index (χ2n) is 6.97. The van der Waals surface area contributed by atoms with Gasteiger partial charge in [-0.3, -0.25) is 0 Å². The molecule has 0 saturated heterocycles. The zero-order valence-electron chi connectivity index (χ0n) is 21.1. The number of nitrogens with zero attached hydrogens (tertiary/aromatic N) is 1. The summed E-state index contributed by atoms with van der Waals surface area (Å²) in [7, 11) is 1.73. The molecule has 132 valence electrons. The lowest BCUT2D eigenvalue weighted by Gasteiger charge is -2.07. The molecule has 0 unspecified atom stereocenters. The normalized spacial score (nSPS) is 15.9. The molecule has 0 radical (unpaired) electrons. The largest absolute Gasteiger partial charge is 0.456 e. The summed E-state index contributed by atoms with van der Waals surface area (Å²) in [6, 6.07) is 17.6. The molecule has 2 heterocycles. The van der Waals surface area contributed by atoms with Gasteiger partial charge in [0.05, 0.1) is 5.56 Å². The minimum atomic E-state index is -2.55. The van der Waals surface area contributed by atoms with Crippen LogP contribution in [0.3, 0.4) is 0 Å². The van der Waals surface area contributed by atoms with Crippen molar-refractivity contribution in [3.8, 4) is 11.3 Å². The Morgan fingerprint density at radius 3 is 2.63 bits per heavy atom. The first-order valence-electron chi connectivity index (χ1n) is 11.9. The summed E-state index contributed by atoms with van der Waals surface area (Å²) in [6.45, 7) is -3.14. The smallest absolute Gasteiger partial charge is 0.212 e. The Labute approximate surface area is 167 Å². The highest BCUT2D eigenvalue weighted by Crippen LogP contribution is 2.38. The molecule has 0 N–H and O–H groups in total. The fraction of sp³-hybridized carbons (Fsp3) is 0.160. The van der Waals surface area contributed by atoms with Gasteiger partial charge in [0.1, 0.15) is 18.2 Å². The van der Waals surface area contributed by atoms with Gasteiger partial charge in [0, 0.05) is 36.2 Å². The van der Waals surface area contributed by atoms with Crippen LogP contribution in [0, 0.1) is 20.6 Å². The molecule has 0 saturated carbocycles. The molecule has 0 aliphatic carbocycles. The van der Waals surface area contributed by atoms with Crippen LogP contribution in [0.1, 0.15) is 24.9 Å². The maximum absolute atomic E-state index is 7.91. The Morgan fingerprint density at radius 2 is 1.78 bits per heavy atom. The number of hydrogen-bond donors (Lipinski definition) is 0. The van der Waals surface area contributed by atoms with E-state index in [0.717, 1.165) is 43.8 Å². The fourth-order valence-electron chi connectivity index (χ4n) is 3.94. The molecule has 0 aliphatic heterocycles. The zero-order chi connectivity index (χ0) is 23.7. The van der Waals surface area contributed by atoms with Crippen molar-refractivity contribution in [2.45, 2.75) is 20.6 Å². The van der Waals surface area contributed by atoms with Crippen LogP contribution in [-0.4, -0.2) is 0 Å². The van der Waals surface area contributed by atoms with Crippen molar-refractivity contribution in [3.63, 3.8) is 0 Å². The van der Waals surface area contributed by atoms with Crippen LogP contribution in [0.15, 0.2) is 65.2 Å². The minimum Gasteiger partial charge on any atom is -0.456 e. The predicted molar refractivity (Wildman–Crippen MR) is 112 cm³/mol. The molecule has 0 bridgehead atoms. The van der Waals surface area contributed by atoms with Gasteiger partial charge in [-0.05, 0) is 55.2 Å². The number of aryl methyl sites for hydroxylation is 4. The molecular formula is C25H22NO+. The SMILES string of the molecule is [2H]C([2H])([2H])c1cc(-c2ccc3c(oc4ccc5ccccc5c43)c2C)[n+](C)cc1C([2H])([2H])[2H]. The van der Waals surface area contributed by atoms with E-state index in [1.807, 2.05) is 43.3 Å². The molecule has 0 spiro atoms. The Hall–Kier alpha value is -3.13. The maximum atomic E-state index is 7.91. The standard InChI is InChI=1S/C25H22NO/c1-15-13-22(26(4)14-16(15)2)19-10-11-21-24-20-8-6-5-7-18(20)9-12-23(24)27-25(21)17(19)3/h5-14H,1-4H3/q+1/i1D3,2D3. The number of rotatable bonds is 1. The van der Waals surface area contributed by atoms with E-state index in [2.05, 4.69) is 12.1 Å². The lowest BCUT2D eigenvalue weighted by atomic mass is 9.98. The van der Waals surface area contributed by atoms with E-state index < -0.39 is 13.7 Å². The zero-order valence-corrected chi connectivity index (χ0v) is 15.1. The molecule has 0 fully saturated rings. The van der Waals surface area contributed by atoms with E-state index in [1.165, 1.54) is 12.3 Å². The Balaban J connectivity index is 1.80. The average Bonchev–Trinajstić information content (AvgIpc) is 3.13. The molecule has 3 aromatic carbocycles. The first-order valence-corrected chi connectivity index (χ1v) is 8.85. The maximum Gasteiger partial charge on any atom is 0.212 e. The van der Waals surface area contributed by atoms with Gasteiger partial charge in [0.25, 0.3) is 0 Å². The molecule has 0 amide bonds. The number of aromatic nitrogens is 1. The van der Waals surface area contributed by atoms with Crippen molar-refractivity contribution >= 4 is 32.7 Å². The molecule has 5 rings (SSSR count). The first kappa shape index (κ1) is 10.9. The fourth-order valence-corrected chi connectivity index (χ4v) is 3.94. The highest BCUT2D eigenvalue weighted by atomic mass is 16.3. The van der Waals surface area contributed by atoms with Crippen LogP contribution in [0.4, 0.5) is 0 Å². The summed E-state index contributed by atoms with van der Waals surface area (Å²) in [5.41, 5.74) is 3.45. The van der Waals surface area contributed by atoms with Gasteiger partial charge in [0.15, 0.2) is 6.20 Å². The van der Waals surface area contributed by atoms with Gasteiger partial charge < -0.3 is 4.42 Å². The minimum absolute atomic E-state index is 0.161. The lowest BCUT2D eigenvalue weighted by Crippen LogP contribution is -2.31. The van der Waals surface area contributed by atoms with Crippen molar-refractivity contribution in [2.24, 2.45) is 7.05 Å². The van der Waals surface area contributed by atoms with E-state index >= 15 is 0 Å². The van der Waals surface area contributed by atoms with Crippen molar-refractivity contribution in [2.75, 3.05) is 0 Å². The molecule has 0 aliphatic rings. The van der Waals surface area contributed by atoms with Crippen LogP contribution >= 0.6 is 0 Å². The second-order valence-corrected chi connectivity index (χ2v) is 6.97. The van der Waals surface area contributed by atoms with Gasteiger partial charge in [-0.1, -0.05) is 30.3 Å². The third kappa shape index (κ3) is 2.30. The average molecular weight is 358 g/mol. The van der Waals surface area contributed by atoms with Gasteiger partial charge in [0.2, 0.25) is 5.69 Å². The van der Waals surface area contributed by atoms with Gasteiger partial charge in [-0.2, -0.15) is 0 Å². The van der Waals surface area contributed by atoms with E-state index in [4.69, 9.17) is 12.6 Å². The highest BCUT2D eigenvalue weighted by molar-refractivity contribution is 6.19. The molecular weight excluding hydrogens is 330 g/mol. The Bertz CT molecular complexity index is 1560. The summed E-state index contributed by atoms with van der Waals surface area (Å²) in [6.07, 6.45) is 1.40. The van der Waals surface area contributed by atoms with Crippen molar-refractivity contribution < 1.29 is 17.2 Å². The summed E-state index contributed by atoms with van der Waals surface area (Å²) in [5.74, 6) is 0. The summed E-state index contributed by atoms with van der Waals surface area (Å²) in [4.78, 5) is 0. The van der Waals surface area contributed by atoms with Crippen LogP contribution in [0.5, 0.6) is 0 Å². The number of furan rings is 1. The highest BCUT2D eigenvalue weighted by Gasteiger charge is 2.19.